The van der Waals surface area contributed by atoms with Gasteiger partial charge < -0.3 is 9.47 Å². The third-order valence-electron chi connectivity index (χ3n) is 2.91. The van der Waals surface area contributed by atoms with Gasteiger partial charge in [-0.25, -0.2) is 14.0 Å². The number of ether oxygens (including phenoxy) is 2. The Kier molecular flexibility index (Phi) is 6.06. The van der Waals surface area contributed by atoms with Crippen molar-refractivity contribution in [2.75, 3.05) is 14.2 Å². The zero-order valence-electron chi connectivity index (χ0n) is 12.5. The third kappa shape index (κ3) is 4.05. The Balaban J connectivity index is 2.52. The second-order valence-corrected chi connectivity index (χ2v) is 6.65. The second kappa shape index (κ2) is 8.03. The molecular formula is C16H14BrNO4S. The molecule has 1 atom stereocenters. The predicted molar refractivity (Wildman–Crippen MR) is 90.1 cm³/mol. The average Bonchev–Trinajstić information content (AvgIpc) is 2.59. The monoisotopic (exact) mass is 395 g/mol. The van der Waals surface area contributed by atoms with Crippen LogP contribution in [0.3, 0.4) is 0 Å². The summed E-state index contributed by atoms with van der Waals surface area (Å²) in [5.74, 6) is -0.569. The minimum absolute atomic E-state index is 0.191. The van der Waals surface area contributed by atoms with Gasteiger partial charge in [0, 0.05) is 16.2 Å². The summed E-state index contributed by atoms with van der Waals surface area (Å²) in [7, 11) is 1.16. The fraction of sp³-hybridized carbons (Fsp3) is 0.125. The second-order valence-electron chi connectivity index (χ2n) is 4.34. The van der Waals surface area contributed by atoms with Crippen LogP contribution in [0.15, 0.2) is 63.3 Å². The van der Waals surface area contributed by atoms with E-state index in [4.69, 9.17) is 9.47 Å². The number of carbonyl (C=O) groups is 1. The largest absolute Gasteiger partial charge is 0.503 e. The number of pyridine rings is 1. The zero-order valence-corrected chi connectivity index (χ0v) is 14.9. The highest BCUT2D eigenvalue weighted by molar-refractivity contribution is 9.10. The van der Waals surface area contributed by atoms with Crippen molar-refractivity contribution >= 4 is 38.3 Å². The Morgan fingerprint density at radius 3 is 2.57 bits per heavy atom. The normalized spacial score (nSPS) is 12.6. The summed E-state index contributed by atoms with van der Waals surface area (Å²) in [5, 5.41) is 0.391. The summed E-state index contributed by atoms with van der Waals surface area (Å²) < 4.78 is 23.3. The molecule has 5 nitrogen and oxygen atoms in total. The number of carbonyl (C=O) groups excluding carboxylic acids is 1. The Bertz CT molecular complexity index is 759. The van der Waals surface area contributed by atoms with E-state index in [1.165, 1.54) is 20.5 Å². The topological polar surface area (TPSA) is 65.5 Å². The van der Waals surface area contributed by atoms with Crippen LogP contribution in [0.5, 0.6) is 0 Å². The van der Waals surface area contributed by atoms with Gasteiger partial charge in [0.15, 0.2) is 0 Å². The predicted octanol–water partition coefficient (Wildman–Crippen LogP) is 3.17. The molecule has 0 saturated carbocycles. The van der Waals surface area contributed by atoms with Gasteiger partial charge in [0.1, 0.15) is 21.4 Å². The van der Waals surface area contributed by atoms with E-state index < -0.39 is 16.8 Å². The molecule has 0 aliphatic rings. The molecule has 0 fully saturated rings. The number of benzene rings is 1. The first kappa shape index (κ1) is 17.4. The van der Waals surface area contributed by atoms with Gasteiger partial charge in [-0.1, -0.05) is 18.2 Å². The van der Waals surface area contributed by atoms with Gasteiger partial charge in [0.2, 0.25) is 0 Å². The maximum atomic E-state index is 12.8. The number of rotatable bonds is 5. The summed E-state index contributed by atoms with van der Waals surface area (Å²) in [6.07, 6.45) is 2.85. The van der Waals surface area contributed by atoms with Crippen LogP contribution in [0.4, 0.5) is 0 Å². The maximum absolute atomic E-state index is 12.8. The number of esters is 1. The van der Waals surface area contributed by atoms with Crippen molar-refractivity contribution in [3.8, 4) is 0 Å². The molecule has 0 amide bonds. The van der Waals surface area contributed by atoms with E-state index in [0.29, 0.717) is 15.5 Å². The SMILES string of the molecule is CO/C=C(/C(=O)OC)c1ccccc1S(=O)c1ccc(Br)cn1. The molecule has 0 aliphatic carbocycles. The number of halogens is 1. The van der Waals surface area contributed by atoms with Gasteiger partial charge in [-0.2, -0.15) is 0 Å². The van der Waals surface area contributed by atoms with E-state index in [1.807, 2.05) is 0 Å². The Labute approximate surface area is 144 Å². The first-order chi connectivity index (χ1) is 11.1. The first-order valence-corrected chi connectivity index (χ1v) is 8.46. The van der Waals surface area contributed by atoms with Crippen molar-refractivity contribution in [2.45, 2.75) is 9.92 Å². The molecule has 120 valence electrons. The van der Waals surface area contributed by atoms with Crippen molar-refractivity contribution < 1.29 is 18.5 Å². The summed E-state index contributed by atoms with van der Waals surface area (Å²) in [4.78, 5) is 16.6. The smallest absolute Gasteiger partial charge is 0.341 e. The minimum Gasteiger partial charge on any atom is -0.503 e. The molecule has 0 saturated heterocycles. The van der Waals surface area contributed by atoms with Gasteiger partial charge in [-0.05, 0) is 34.1 Å². The van der Waals surface area contributed by atoms with Crippen LogP contribution in [-0.2, 0) is 25.1 Å². The lowest BCUT2D eigenvalue weighted by Gasteiger charge is -2.11. The number of hydrogen-bond acceptors (Lipinski definition) is 5. The molecule has 1 aromatic carbocycles. The lowest BCUT2D eigenvalue weighted by Crippen LogP contribution is -2.08. The number of hydrogen-bond donors (Lipinski definition) is 0. The first-order valence-electron chi connectivity index (χ1n) is 6.52. The van der Waals surface area contributed by atoms with Crippen molar-refractivity contribution in [1.82, 2.24) is 4.98 Å². The van der Waals surface area contributed by atoms with Crippen molar-refractivity contribution in [1.29, 1.82) is 0 Å². The fourth-order valence-electron chi connectivity index (χ4n) is 1.88. The lowest BCUT2D eigenvalue weighted by molar-refractivity contribution is -0.133. The summed E-state index contributed by atoms with van der Waals surface area (Å²) >= 11 is 3.29. The van der Waals surface area contributed by atoms with E-state index in [9.17, 15) is 9.00 Å². The van der Waals surface area contributed by atoms with E-state index >= 15 is 0 Å². The number of aromatic nitrogens is 1. The quantitative estimate of drug-likeness (QED) is 0.441. The van der Waals surface area contributed by atoms with Crippen LogP contribution in [0.2, 0.25) is 0 Å². The van der Waals surface area contributed by atoms with Crippen LogP contribution in [-0.4, -0.2) is 29.4 Å². The minimum atomic E-state index is -1.55. The standard InChI is InChI=1S/C16H14BrNO4S/c1-21-10-13(16(19)22-2)12-5-3-4-6-14(12)23(20)15-8-7-11(17)9-18-15/h3-10H,1-2H3/b13-10+. The van der Waals surface area contributed by atoms with Crippen LogP contribution >= 0.6 is 15.9 Å². The Morgan fingerprint density at radius 1 is 1.22 bits per heavy atom. The molecule has 2 aromatic rings. The molecule has 0 aliphatic heterocycles. The summed E-state index contributed by atoms with van der Waals surface area (Å²) in [5.41, 5.74) is 0.667. The highest BCUT2D eigenvalue weighted by Gasteiger charge is 2.20. The highest BCUT2D eigenvalue weighted by atomic mass is 79.9. The third-order valence-corrected chi connectivity index (χ3v) is 4.75. The average molecular weight is 396 g/mol. The van der Waals surface area contributed by atoms with Gasteiger partial charge >= 0.3 is 5.97 Å². The van der Waals surface area contributed by atoms with E-state index in [-0.39, 0.29) is 5.57 Å². The molecule has 0 N–H and O–H groups in total. The maximum Gasteiger partial charge on any atom is 0.341 e. The van der Waals surface area contributed by atoms with Crippen LogP contribution in [0.25, 0.3) is 5.57 Å². The van der Waals surface area contributed by atoms with Crippen molar-refractivity contribution in [2.24, 2.45) is 0 Å². The lowest BCUT2D eigenvalue weighted by atomic mass is 10.1. The Morgan fingerprint density at radius 2 is 1.96 bits per heavy atom. The number of methoxy groups -OCH3 is 2. The molecule has 0 bridgehead atoms. The molecule has 0 spiro atoms. The van der Waals surface area contributed by atoms with Crippen LogP contribution in [0, 0.1) is 0 Å². The summed E-state index contributed by atoms with van der Waals surface area (Å²) in [6, 6.07) is 10.3. The van der Waals surface area contributed by atoms with Crippen LogP contribution in [0.1, 0.15) is 5.56 Å². The molecule has 1 heterocycles. The van der Waals surface area contributed by atoms with Gasteiger partial charge in [-0.3, -0.25) is 0 Å². The highest BCUT2D eigenvalue weighted by Crippen LogP contribution is 2.26. The molecule has 2 rings (SSSR count). The number of nitrogens with zero attached hydrogens (tertiary/aromatic N) is 1. The molecule has 0 radical (unpaired) electrons. The molecule has 1 aromatic heterocycles. The van der Waals surface area contributed by atoms with Gasteiger partial charge in [0.25, 0.3) is 0 Å². The van der Waals surface area contributed by atoms with Crippen molar-refractivity contribution in [3.05, 3.63) is 58.9 Å². The van der Waals surface area contributed by atoms with E-state index in [2.05, 4.69) is 20.9 Å². The van der Waals surface area contributed by atoms with Crippen molar-refractivity contribution in [3.63, 3.8) is 0 Å². The van der Waals surface area contributed by atoms with Gasteiger partial charge in [0.05, 0.1) is 25.4 Å². The molecular weight excluding hydrogens is 382 g/mol. The van der Waals surface area contributed by atoms with E-state index in [0.717, 1.165) is 4.47 Å². The summed E-state index contributed by atoms with van der Waals surface area (Å²) in [6.45, 7) is 0. The zero-order chi connectivity index (χ0) is 16.8. The van der Waals surface area contributed by atoms with E-state index in [1.54, 1.807) is 42.6 Å². The van der Waals surface area contributed by atoms with Crippen LogP contribution < -0.4 is 0 Å². The fourth-order valence-corrected chi connectivity index (χ4v) is 3.26. The molecule has 23 heavy (non-hydrogen) atoms. The molecule has 1 unspecified atom stereocenters. The Hall–Kier alpha value is -1.99. The van der Waals surface area contributed by atoms with Gasteiger partial charge in [-0.15, -0.1) is 0 Å². The molecule has 7 heteroatoms.